The third kappa shape index (κ3) is 2.23. The molecule has 7 heteroatoms. The second-order valence-electron chi connectivity index (χ2n) is 4.64. The molecule has 4 heterocycles. The zero-order valence-corrected chi connectivity index (χ0v) is 13.6. The lowest BCUT2D eigenvalue weighted by Gasteiger charge is -2.06. The lowest BCUT2D eigenvalue weighted by atomic mass is 10.1. The van der Waals surface area contributed by atoms with Gasteiger partial charge in [-0.1, -0.05) is 12.1 Å². The number of aromatic nitrogens is 3. The number of H-pyrrole nitrogens is 2. The quantitative estimate of drug-likeness (QED) is 0.529. The molecule has 108 valence electrons. The van der Waals surface area contributed by atoms with Crippen molar-refractivity contribution in [3.05, 3.63) is 56.2 Å². The Balaban J connectivity index is 2.15. The summed E-state index contributed by atoms with van der Waals surface area (Å²) in [6.45, 7) is 0. The monoisotopic (exact) mass is 343 g/mol. The van der Waals surface area contributed by atoms with Crippen LogP contribution in [0.4, 0.5) is 0 Å². The Hall–Kier alpha value is -2.09. The Kier molecular flexibility index (Phi) is 3.25. The molecule has 22 heavy (non-hydrogen) atoms. The predicted molar refractivity (Wildman–Crippen MR) is 94.2 cm³/mol. The van der Waals surface area contributed by atoms with Crippen LogP contribution < -0.4 is 5.56 Å². The molecule has 4 aromatic rings. The van der Waals surface area contributed by atoms with Gasteiger partial charge in [0, 0.05) is 10.4 Å². The Morgan fingerprint density at radius 1 is 1.05 bits per heavy atom. The summed E-state index contributed by atoms with van der Waals surface area (Å²) in [5.74, 6) is 0. The molecule has 2 N–H and O–H groups in total. The normalized spacial score (nSPS) is 11.1. The van der Waals surface area contributed by atoms with E-state index in [1.165, 1.54) is 0 Å². The fourth-order valence-corrected chi connectivity index (χ4v) is 3.97. The minimum atomic E-state index is -0.215. The largest absolute Gasteiger partial charge is 0.316 e. The van der Waals surface area contributed by atoms with E-state index in [9.17, 15) is 4.79 Å². The third-order valence-corrected chi connectivity index (χ3v) is 5.27. The second kappa shape index (κ2) is 5.28. The van der Waals surface area contributed by atoms with Crippen molar-refractivity contribution in [3.63, 3.8) is 0 Å². The molecule has 0 saturated carbocycles. The Morgan fingerprint density at radius 3 is 2.45 bits per heavy atom. The molecule has 0 aromatic carbocycles. The van der Waals surface area contributed by atoms with Gasteiger partial charge in [0.2, 0.25) is 0 Å². The number of hydrogen-bond acceptors (Lipinski definition) is 5. The predicted octanol–water partition coefficient (Wildman–Crippen LogP) is 4.44. The number of hydrogen-bond donors (Lipinski definition) is 2. The van der Waals surface area contributed by atoms with Gasteiger partial charge in [-0.3, -0.25) is 9.78 Å². The highest BCUT2D eigenvalue weighted by Crippen LogP contribution is 2.33. The fourth-order valence-electron chi connectivity index (χ4n) is 2.35. The van der Waals surface area contributed by atoms with Gasteiger partial charge in [0.1, 0.15) is 5.65 Å². The molecular weight excluding hydrogens is 334 g/mol. The molecule has 0 saturated heterocycles. The number of rotatable bonds is 2. The van der Waals surface area contributed by atoms with Crippen LogP contribution in [0.2, 0.25) is 0 Å². The zero-order valence-electron chi connectivity index (χ0n) is 11.1. The molecule has 0 aliphatic carbocycles. The Morgan fingerprint density at radius 2 is 1.77 bits per heavy atom. The van der Waals surface area contributed by atoms with Gasteiger partial charge >= 0.3 is 0 Å². The number of thiophene rings is 2. The van der Waals surface area contributed by atoms with Crippen LogP contribution in [0.25, 0.3) is 32.0 Å². The number of aromatic amines is 2. The highest BCUT2D eigenvalue weighted by Gasteiger charge is 2.14. The molecule has 4 rings (SSSR count). The van der Waals surface area contributed by atoms with Crippen LogP contribution in [0, 0.1) is 4.77 Å². The maximum atomic E-state index is 12.3. The summed E-state index contributed by atoms with van der Waals surface area (Å²) in [5.41, 5.74) is 2.01. The molecule has 0 bridgehead atoms. The van der Waals surface area contributed by atoms with Gasteiger partial charge in [0.25, 0.3) is 5.56 Å². The molecule has 4 nitrogen and oxygen atoms in total. The lowest BCUT2D eigenvalue weighted by molar-refractivity contribution is 1.12. The van der Waals surface area contributed by atoms with Gasteiger partial charge in [-0.05, 0) is 41.2 Å². The SMILES string of the molecule is O=c1[nH]c(=S)[nH]c2nc(-c3cccs3)cc(-c3cccs3)c12. The molecule has 0 aliphatic heterocycles. The first kappa shape index (κ1) is 13.6. The fraction of sp³-hybridized carbons (Fsp3) is 0. The van der Waals surface area contributed by atoms with E-state index in [1.54, 1.807) is 22.7 Å². The maximum Gasteiger partial charge on any atom is 0.261 e. The van der Waals surface area contributed by atoms with Crippen molar-refractivity contribution >= 4 is 45.9 Å². The molecule has 0 aliphatic rings. The van der Waals surface area contributed by atoms with Gasteiger partial charge in [-0.15, -0.1) is 22.7 Å². The van der Waals surface area contributed by atoms with Crippen LogP contribution in [-0.2, 0) is 0 Å². The lowest BCUT2D eigenvalue weighted by Crippen LogP contribution is -2.10. The van der Waals surface area contributed by atoms with Gasteiger partial charge in [0.05, 0.1) is 16.0 Å². The van der Waals surface area contributed by atoms with Crippen molar-refractivity contribution in [2.24, 2.45) is 0 Å². The highest BCUT2D eigenvalue weighted by atomic mass is 32.1. The smallest absolute Gasteiger partial charge is 0.261 e. The van der Waals surface area contributed by atoms with Gasteiger partial charge in [-0.2, -0.15) is 0 Å². The van der Waals surface area contributed by atoms with E-state index in [2.05, 4.69) is 15.0 Å². The summed E-state index contributed by atoms with van der Waals surface area (Å²) < 4.78 is 0.283. The Bertz CT molecular complexity index is 1060. The minimum absolute atomic E-state index is 0.215. The molecule has 0 unspecified atom stereocenters. The average molecular weight is 343 g/mol. The number of fused-ring (bicyclic) bond motifs is 1. The van der Waals surface area contributed by atoms with Gasteiger partial charge in [0.15, 0.2) is 4.77 Å². The summed E-state index contributed by atoms with van der Waals surface area (Å²) >= 11 is 8.27. The average Bonchev–Trinajstić information content (AvgIpc) is 3.19. The summed E-state index contributed by atoms with van der Waals surface area (Å²) in [6, 6.07) is 9.93. The van der Waals surface area contributed by atoms with E-state index >= 15 is 0 Å². The zero-order chi connectivity index (χ0) is 15.1. The molecule has 0 atom stereocenters. The molecular formula is C15H9N3OS3. The number of nitrogens with one attached hydrogen (secondary N) is 2. The summed E-state index contributed by atoms with van der Waals surface area (Å²) in [7, 11) is 0. The van der Waals surface area contributed by atoms with E-state index in [0.29, 0.717) is 11.0 Å². The van der Waals surface area contributed by atoms with Crippen LogP contribution >= 0.6 is 34.9 Å². The molecule has 0 spiro atoms. The first-order chi connectivity index (χ1) is 10.7. The van der Waals surface area contributed by atoms with Crippen LogP contribution in [0.1, 0.15) is 0 Å². The second-order valence-corrected chi connectivity index (χ2v) is 6.95. The van der Waals surface area contributed by atoms with Crippen LogP contribution in [0.5, 0.6) is 0 Å². The molecule has 4 aromatic heterocycles. The van der Waals surface area contributed by atoms with Crippen LogP contribution in [-0.4, -0.2) is 15.0 Å². The van der Waals surface area contributed by atoms with Crippen molar-refractivity contribution in [3.8, 4) is 21.0 Å². The summed E-state index contributed by atoms with van der Waals surface area (Å²) in [5, 5.41) is 4.54. The van der Waals surface area contributed by atoms with E-state index < -0.39 is 0 Å². The van der Waals surface area contributed by atoms with Crippen molar-refractivity contribution in [1.29, 1.82) is 0 Å². The highest BCUT2D eigenvalue weighted by molar-refractivity contribution is 7.71. The Labute approximate surface area is 138 Å². The van der Waals surface area contributed by atoms with Crippen molar-refractivity contribution in [2.75, 3.05) is 0 Å². The van der Waals surface area contributed by atoms with Crippen molar-refractivity contribution in [1.82, 2.24) is 15.0 Å². The van der Waals surface area contributed by atoms with Crippen LogP contribution in [0.3, 0.4) is 0 Å². The minimum Gasteiger partial charge on any atom is -0.316 e. The topological polar surface area (TPSA) is 61.5 Å². The molecule has 0 fully saturated rings. The number of pyridine rings is 1. The first-order valence-electron chi connectivity index (χ1n) is 6.47. The van der Waals surface area contributed by atoms with Gasteiger partial charge in [-0.25, -0.2) is 4.98 Å². The van der Waals surface area contributed by atoms with Gasteiger partial charge < -0.3 is 4.98 Å². The van der Waals surface area contributed by atoms with Crippen molar-refractivity contribution in [2.45, 2.75) is 0 Å². The first-order valence-corrected chi connectivity index (χ1v) is 8.64. The summed E-state index contributed by atoms with van der Waals surface area (Å²) in [6.07, 6.45) is 0. The standard InChI is InChI=1S/C15H9N3OS3/c19-14-12-8(10-3-1-5-21-10)7-9(11-4-2-6-22-11)16-13(12)17-15(20)18-14/h1-7H,(H2,16,17,18,19,20). The summed E-state index contributed by atoms with van der Waals surface area (Å²) in [4.78, 5) is 24.6. The molecule has 0 amide bonds. The van der Waals surface area contributed by atoms with E-state index in [1.807, 2.05) is 41.1 Å². The number of nitrogens with zero attached hydrogens (tertiary/aromatic N) is 1. The van der Waals surface area contributed by atoms with E-state index in [-0.39, 0.29) is 10.3 Å². The molecule has 0 radical (unpaired) electrons. The van der Waals surface area contributed by atoms with Crippen molar-refractivity contribution < 1.29 is 0 Å². The van der Waals surface area contributed by atoms with E-state index in [4.69, 9.17) is 12.2 Å². The van der Waals surface area contributed by atoms with Crippen LogP contribution in [0.15, 0.2) is 45.9 Å². The van der Waals surface area contributed by atoms with E-state index in [0.717, 1.165) is 21.0 Å². The third-order valence-electron chi connectivity index (χ3n) is 3.27. The maximum absolute atomic E-state index is 12.3.